The van der Waals surface area contributed by atoms with Gasteiger partial charge in [0, 0.05) is 24.0 Å². The molecule has 0 aliphatic carbocycles. The first-order valence-electron chi connectivity index (χ1n) is 8.86. The fraction of sp³-hybridized carbons (Fsp3) is 0.250. The van der Waals surface area contributed by atoms with Crippen molar-refractivity contribution in [3.63, 3.8) is 0 Å². The third kappa shape index (κ3) is 6.41. The lowest BCUT2D eigenvalue weighted by molar-refractivity contribution is 0.146. The number of nitriles is 1. The number of methoxy groups -OCH3 is 1. The average Bonchev–Trinajstić information content (AvgIpc) is 2.72. The molecule has 9 heteroatoms. The second-order valence-corrected chi connectivity index (χ2v) is 6.02. The molecule has 2 aromatic rings. The minimum absolute atomic E-state index is 0.139. The van der Waals surface area contributed by atoms with Gasteiger partial charge in [0.2, 0.25) is 0 Å². The SMILES string of the molecule is COc1cc(NC(=O)Nc2cccc([C@H](C)NC(=O)OCCN)c2)ccc1C#N. The zero-order valence-electron chi connectivity index (χ0n) is 16.2. The Balaban J connectivity index is 2.00. The summed E-state index contributed by atoms with van der Waals surface area (Å²) >= 11 is 0. The number of carbonyl (C=O) groups excluding carboxylic acids is 2. The van der Waals surface area contributed by atoms with E-state index in [1.165, 1.54) is 7.11 Å². The van der Waals surface area contributed by atoms with Gasteiger partial charge >= 0.3 is 12.1 Å². The number of benzene rings is 2. The molecule has 0 aliphatic rings. The Morgan fingerprint density at radius 3 is 2.55 bits per heavy atom. The number of nitrogens with zero attached hydrogens (tertiary/aromatic N) is 1. The molecule has 0 saturated heterocycles. The molecule has 0 bridgehead atoms. The molecule has 29 heavy (non-hydrogen) atoms. The maximum Gasteiger partial charge on any atom is 0.407 e. The maximum absolute atomic E-state index is 12.3. The number of ether oxygens (including phenoxy) is 2. The Hall–Kier alpha value is -3.77. The van der Waals surface area contributed by atoms with E-state index in [4.69, 9.17) is 20.5 Å². The predicted octanol–water partition coefficient (Wildman–Crippen LogP) is 2.96. The van der Waals surface area contributed by atoms with Crippen molar-refractivity contribution in [2.45, 2.75) is 13.0 Å². The van der Waals surface area contributed by atoms with Gasteiger partial charge in [-0.1, -0.05) is 12.1 Å². The second-order valence-electron chi connectivity index (χ2n) is 6.02. The largest absolute Gasteiger partial charge is 0.495 e. The minimum atomic E-state index is -0.561. The number of nitrogens with one attached hydrogen (secondary N) is 3. The molecule has 5 N–H and O–H groups in total. The van der Waals surface area contributed by atoms with E-state index in [-0.39, 0.29) is 19.2 Å². The Bertz CT molecular complexity index is 910. The molecule has 2 rings (SSSR count). The molecule has 0 aromatic heterocycles. The smallest absolute Gasteiger partial charge is 0.407 e. The molecule has 0 aliphatic heterocycles. The quantitative estimate of drug-likeness (QED) is 0.566. The first-order valence-corrected chi connectivity index (χ1v) is 8.86. The summed E-state index contributed by atoms with van der Waals surface area (Å²) in [7, 11) is 1.45. The molecule has 3 amide bonds. The monoisotopic (exact) mass is 397 g/mol. The van der Waals surface area contributed by atoms with Gasteiger partial charge in [-0.2, -0.15) is 5.26 Å². The second kappa shape index (κ2) is 10.5. The topological polar surface area (TPSA) is 138 Å². The van der Waals surface area contributed by atoms with Gasteiger partial charge in [0.25, 0.3) is 0 Å². The van der Waals surface area contributed by atoms with Crippen LogP contribution in [0.4, 0.5) is 21.0 Å². The van der Waals surface area contributed by atoms with Crippen LogP contribution in [-0.2, 0) is 4.74 Å². The van der Waals surface area contributed by atoms with Crippen molar-refractivity contribution in [3.05, 3.63) is 53.6 Å². The van der Waals surface area contributed by atoms with Crippen molar-refractivity contribution in [2.75, 3.05) is 30.9 Å². The van der Waals surface area contributed by atoms with E-state index >= 15 is 0 Å². The summed E-state index contributed by atoms with van der Waals surface area (Å²) in [6.07, 6.45) is -0.561. The fourth-order valence-corrected chi connectivity index (χ4v) is 2.49. The molecular weight excluding hydrogens is 374 g/mol. The molecule has 0 radical (unpaired) electrons. The maximum atomic E-state index is 12.3. The van der Waals surface area contributed by atoms with Crippen LogP contribution in [0.3, 0.4) is 0 Å². The Morgan fingerprint density at radius 2 is 1.90 bits per heavy atom. The molecule has 9 nitrogen and oxygen atoms in total. The van der Waals surface area contributed by atoms with Crippen molar-refractivity contribution in [1.29, 1.82) is 5.26 Å². The predicted molar refractivity (Wildman–Crippen MR) is 109 cm³/mol. The molecule has 0 fully saturated rings. The van der Waals surface area contributed by atoms with Gasteiger partial charge in [0.15, 0.2) is 0 Å². The zero-order valence-corrected chi connectivity index (χ0v) is 16.2. The number of rotatable bonds is 7. The van der Waals surface area contributed by atoms with Crippen molar-refractivity contribution < 1.29 is 19.1 Å². The minimum Gasteiger partial charge on any atom is -0.495 e. The van der Waals surface area contributed by atoms with E-state index in [2.05, 4.69) is 16.0 Å². The highest BCUT2D eigenvalue weighted by molar-refractivity contribution is 6.00. The summed E-state index contributed by atoms with van der Waals surface area (Å²) in [5.74, 6) is 0.369. The Morgan fingerprint density at radius 1 is 1.17 bits per heavy atom. The lowest BCUT2D eigenvalue weighted by Crippen LogP contribution is -2.29. The highest BCUT2D eigenvalue weighted by atomic mass is 16.5. The Labute approximate surface area is 168 Å². The van der Waals surface area contributed by atoms with E-state index in [1.54, 1.807) is 43.3 Å². The fourth-order valence-electron chi connectivity index (χ4n) is 2.49. The van der Waals surface area contributed by atoms with Crippen molar-refractivity contribution in [3.8, 4) is 11.8 Å². The molecule has 1 atom stereocenters. The highest BCUT2D eigenvalue weighted by Gasteiger charge is 2.12. The van der Waals surface area contributed by atoms with Gasteiger partial charge in [0.1, 0.15) is 18.4 Å². The number of carbonyl (C=O) groups is 2. The molecule has 0 saturated carbocycles. The van der Waals surface area contributed by atoms with Gasteiger partial charge in [-0.3, -0.25) is 0 Å². The number of urea groups is 1. The normalized spacial score (nSPS) is 11.0. The number of anilines is 2. The van der Waals surface area contributed by atoms with E-state index in [9.17, 15) is 9.59 Å². The third-order valence-electron chi connectivity index (χ3n) is 3.91. The van der Waals surface area contributed by atoms with Gasteiger partial charge in [-0.15, -0.1) is 0 Å². The summed E-state index contributed by atoms with van der Waals surface area (Å²) in [5.41, 5.74) is 7.48. The third-order valence-corrected chi connectivity index (χ3v) is 3.91. The molecule has 2 aromatic carbocycles. The number of alkyl carbamates (subject to hydrolysis) is 1. The standard InChI is InChI=1S/C20H23N5O4/c1-13(23-20(27)29-9-8-21)14-4-3-5-16(10-14)24-19(26)25-17-7-6-15(12-22)18(11-17)28-2/h3-7,10-11,13H,8-9,21H2,1-2H3,(H,23,27)(H2,24,25,26)/t13-/m0/s1. The van der Waals surface area contributed by atoms with E-state index < -0.39 is 12.1 Å². The number of amides is 3. The van der Waals surface area contributed by atoms with Crippen LogP contribution in [0, 0.1) is 11.3 Å². The number of nitrogens with two attached hydrogens (primary N) is 1. The van der Waals surface area contributed by atoms with Crippen LogP contribution in [0.5, 0.6) is 5.75 Å². The van der Waals surface area contributed by atoms with Gasteiger partial charge in [-0.05, 0) is 36.8 Å². The molecule has 0 unspecified atom stereocenters. The van der Waals surface area contributed by atoms with Crippen LogP contribution in [0.2, 0.25) is 0 Å². The molecule has 152 valence electrons. The van der Waals surface area contributed by atoms with Crippen LogP contribution >= 0.6 is 0 Å². The van der Waals surface area contributed by atoms with E-state index in [0.29, 0.717) is 22.7 Å². The van der Waals surface area contributed by atoms with Crippen LogP contribution in [0.15, 0.2) is 42.5 Å². The van der Waals surface area contributed by atoms with Gasteiger partial charge < -0.3 is 31.2 Å². The number of hydrogen-bond acceptors (Lipinski definition) is 6. The lowest BCUT2D eigenvalue weighted by Gasteiger charge is -2.16. The molecule has 0 heterocycles. The van der Waals surface area contributed by atoms with E-state index in [1.807, 2.05) is 12.1 Å². The van der Waals surface area contributed by atoms with Gasteiger partial charge in [0.05, 0.1) is 18.7 Å². The first kappa shape index (κ1) is 21.5. The average molecular weight is 397 g/mol. The summed E-state index contributed by atoms with van der Waals surface area (Å²) in [6.45, 7) is 2.19. The Kier molecular flexibility index (Phi) is 7.82. The van der Waals surface area contributed by atoms with Crippen molar-refractivity contribution >= 4 is 23.5 Å². The van der Waals surface area contributed by atoms with Crippen LogP contribution in [0.1, 0.15) is 24.1 Å². The summed E-state index contributed by atoms with van der Waals surface area (Å²) in [4.78, 5) is 23.9. The van der Waals surface area contributed by atoms with Crippen LogP contribution in [0.25, 0.3) is 0 Å². The lowest BCUT2D eigenvalue weighted by atomic mass is 10.1. The van der Waals surface area contributed by atoms with Crippen molar-refractivity contribution in [1.82, 2.24) is 5.32 Å². The van der Waals surface area contributed by atoms with Gasteiger partial charge in [-0.25, -0.2) is 9.59 Å². The summed E-state index contributed by atoms with van der Waals surface area (Å²) in [6, 6.07) is 13.0. The molecule has 0 spiro atoms. The highest BCUT2D eigenvalue weighted by Crippen LogP contribution is 2.23. The zero-order chi connectivity index (χ0) is 21.2. The van der Waals surface area contributed by atoms with Crippen molar-refractivity contribution in [2.24, 2.45) is 5.73 Å². The van der Waals surface area contributed by atoms with Crippen LogP contribution in [-0.4, -0.2) is 32.4 Å². The summed E-state index contributed by atoms with van der Waals surface area (Å²) < 4.78 is 10.0. The molecular formula is C20H23N5O4. The van der Waals surface area contributed by atoms with Crippen LogP contribution < -0.4 is 26.4 Å². The first-order chi connectivity index (χ1) is 14.0. The number of hydrogen-bond donors (Lipinski definition) is 4. The summed E-state index contributed by atoms with van der Waals surface area (Å²) in [5, 5.41) is 17.1. The van der Waals surface area contributed by atoms with E-state index in [0.717, 1.165) is 5.56 Å².